The second-order valence-electron chi connectivity index (χ2n) is 12.4. The maximum atomic E-state index is 5.42. The average Bonchev–Trinajstić information content (AvgIpc) is 3.17. The van der Waals surface area contributed by atoms with Gasteiger partial charge in [-0.1, -0.05) is 133 Å². The summed E-state index contributed by atoms with van der Waals surface area (Å²) in [6.07, 6.45) is 2.55. The SMILES string of the molecule is c1ccc(-c2ccc(C3=NC(c4cc5ccccc5c5ccccc45)=NC(c4cccc(-c5ccc6ncccc6c5)c4)C3)cc2)cc1. The third-order valence-electron chi connectivity index (χ3n) is 9.45. The minimum atomic E-state index is -0.0893. The Labute approximate surface area is 279 Å². The zero-order valence-electron chi connectivity index (χ0n) is 26.3. The van der Waals surface area contributed by atoms with Crippen molar-refractivity contribution in [1.82, 2.24) is 4.98 Å². The molecule has 0 saturated carbocycles. The van der Waals surface area contributed by atoms with Crippen LogP contribution in [-0.4, -0.2) is 16.5 Å². The van der Waals surface area contributed by atoms with Crippen LogP contribution in [0.5, 0.6) is 0 Å². The zero-order chi connectivity index (χ0) is 31.9. The lowest BCUT2D eigenvalue weighted by Gasteiger charge is -2.23. The van der Waals surface area contributed by atoms with E-state index in [-0.39, 0.29) is 6.04 Å². The van der Waals surface area contributed by atoms with Gasteiger partial charge in [0.1, 0.15) is 0 Å². The Hall–Kier alpha value is -6.19. The van der Waals surface area contributed by atoms with Gasteiger partial charge in [-0.2, -0.15) is 0 Å². The van der Waals surface area contributed by atoms with Crippen molar-refractivity contribution in [1.29, 1.82) is 0 Å². The minimum Gasteiger partial charge on any atom is -0.258 e. The molecule has 2 heterocycles. The van der Waals surface area contributed by atoms with Gasteiger partial charge in [0, 0.05) is 23.6 Å². The summed E-state index contributed by atoms with van der Waals surface area (Å²) in [7, 11) is 0. The Bertz CT molecular complexity index is 2530. The Morgan fingerprint density at radius 1 is 0.458 bits per heavy atom. The highest BCUT2D eigenvalue weighted by Gasteiger charge is 2.24. The van der Waals surface area contributed by atoms with Gasteiger partial charge in [-0.05, 0) is 85.3 Å². The highest BCUT2D eigenvalue weighted by atomic mass is 15.0. The number of benzene rings is 7. The fourth-order valence-electron chi connectivity index (χ4n) is 6.99. The first-order valence-corrected chi connectivity index (χ1v) is 16.4. The number of fused-ring (bicyclic) bond motifs is 4. The molecule has 8 aromatic rings. The number of hydrogen-bond acceptors (Lipinski definition) is 3. The van der Waals surface area contributed by atoms with Crippen LogP contribution < -0.4 is 0 Å². The van der Waals surface area contributed by atoms with Crippen LogP contribution in [0.2, 0.25) is 0 Å². The summed E-state index contributed by atoms with van der Waals surface area (Å²) in [4.78, 5) is 15.3. The molecule has 1 aliphatic rings. The van der Waals surface area contributed by atoms with Crippen molar-refractivity contribution < 1.29 is 0 Å². The summed E-state index contributed by atoms with van der Waals surface area (Å²) >= 11 is 0. The first-order valence-electron chi connectivity index (χ1n) is 16.4. The number of rotatable bonds is 5. The largest absolute Gasteiger partial charge is 0.258 e. The molecular weight excluding hydrogens is 583 g/mol. The van der Waals surface area contributed by atoms with Gasteiger partial charge in [-0.3, -0.25) is 9.98 Å². The average molecular weight is 614 g/mol. The smallest absolute Gasteiger partial charge is 0.156 e. The lowest BCUT2D eigenvalue weighted by Crippen LogP contribution is -2.17. The van der Waals surface area contributed by atoms with Gasteiger partial charge in [0.2, 0.25) is 0 Å². The Morgan fingerprint density at radius 2 is 1.12 bits per heavy atom. The molecule has 226 valence electrons. The number of aromatic nitrogens is 1. The van der Waals surface area contributed by atoms with Gasteiger partial charge in [0.15, 0.2) is 5.84 Å². The molecule has 1 atom stereocenters. The third-order valence-corrected chi connectivity index (χ3v) is 9.45. The van der Waals surface area contributed by atoms with E-state index in [0.29, 0.717) is 6.42 Å². The van der Waals surface area contributed by atoms with Crippen molar-refractivity contribution in [2.75, 3.05) is 0 Å². The fraction of sp³-hybridized carbons (Fsp3) is 0.0444. The van der Waals surface area contributed by atoms with E-state index < -0.39 is 0 Å². The second kappa shape index (κ2) is 11.9. The molecule has 0 radical (unpaired) electrons. The van der Waals surface area contributed by atoms with Gasteiger partial charge in [-0.25, -0.2) is 4.99 Å². The maximum Gasteiger partial charge on any atom is 0.156 e. The predicted molar refractivity (Wildman–Crippen MR) is 201 cm³/mol. The van der Waals surface area contributed by atoms with Crippen molar-refractivity contribution in [3.8, 4) is 22.3 Å². The van der Waals surface area contributed by atoms with Crippen LogP contribution in [-0.2, 0) is 0 Å². The fourth-order valence-corrected chi connectivity index (χ4v) is 6.99. The van der Waals surface area contributed by atoms with E-state index in [0.717, 1.165) is 39.0 Å². The Morgan fingerprint density at radius 3 is 2.00 bits per heavy atom. The van der Waals surface area contributed by atoms with Crippen molar-refractivity contribution in [2.45, 2.75) is 12.5 Å². The van der Waals surface area contributed by atoms with Crippen molar-refractivity contribution >= 4 is 44.0 Å². The van der Waals surface area contributed by atoms with Crippen molar-refractivity contribution in [2.24, 2.45) is 9.98 Å². The molecule has 48 heavy (non-hydrogen) atoms. The molecule has 3 heteroatoms. The molecule has 0 aliphatic carbocycles. The van der Waals surface area contributed by atoms with Crippen LogP contribution in [0.3, 0.4) is 0 Å². The van der Waals surface area contributed by atoms with Gasteiger partial charge < -0.3 is 0 Å². The summed E-state index contributed by atoms with van der Waals surface area (Å²) in [6, 6.07) is 58.2. The molecular formula is C45H31N3. The van der Waals surface area contributed by atoms with E-state index in [1.807, 2.05) is 12.3 Å². The quantitative estimate of drug-likeness (QED) is 0.178. The molecule has 0 bridgehead atoms. The van der Waals surface area contributed by atoms with E-state index >= 15 is 0 Å². The number of hydrogen-bond donors (Lipinski definition) is 0. The summed E-state index contributed by atoms with van der Waals surface area (Å²) < 4.78 is 0. The van der Waals surface area contributed by atoms with Gasteiger partial charge >= 0.3 is 0 Å². The standard InChI is InChI=1S/C45H31N3/c1-2-10-30(11-3-1)31-19-21-32(22-20-31)43-29-44(37-14-8-13-33(26-37)34-23-24-42-36(27-34)15-9-25-46-42)48-45(47-43)41-28-35-12-4-5-16-38(35)39-17-6-7-18-40(39)41/h1-28,44H,29H2. The zero-order valence-corrected chi connectivity index (χ0v) is 26.3. The summed E-state index contributed by atoms with van der Waals surface area (Å²) in [6.45, 7) is 0. The minimum absolute atomic E-state index is 0.0893. The van der Waals surface area contributed by atoms with Crippen LogP contribution in [0.4, 0.5) is 0 Å². The van der Waals surface area contributed by atoms with Crippen LogP contribution in [0, 0.1) is 0 Å². The molecule has 0 N–H and O–H groups in total. The molecule has 3 nitrogen and oxygen atoms in total. The molecule has 7 aromatic carbocycles. The van der Waals surface area contributed by atoms with E-state index in [4.69, 9.17) is 9.98 Å². The van der Waals surface area contributed by atoms with E-state index in [1.54, 1.807) is 0 Å². The van der Waals surface area contributed by atoms with Gasteiger partial charge in [0.05, 0.1) is 17.3 Å². The summed E-state index contributed by atoms with van der Waals surface area (Å²) in [5.74, 6) is 0.775. The molecule has 1 aliphatic heterocycles. The topological polar surface area (TPSA) is 37.6 Å². The number of amidine groups is 1. The monoisotopic (exact) mass is 613 g/mol. The van der Waals surface area contributed by atoms with Gasteiger partial charge in [0.25, 0.3) is 0 Å². The van der Waals surface area contributed by atoms with Crippen LogP contribution in [0.1, 0.15) is 29.2 Å². The highest BCUT2D eigenvalue weighted by molar-refractivity contribution is 6.22. The second-order valence-corrected chi connectivity index (χ2v) is 12.4. The Balaban J connectivity index is 1.18. The summed E-state index contributed by atoms with van der Waals surface area (Å²) in [5, 5.41) is 5.94. The number of nitrogens with zero attached hydrogens (tertiary/aromatic N) is 3. The van der Waals surface area contributed by atoms with E-state index in [1.165, 1.54) is 44.0 Å². The first-order chi connectivity index (χ1) is 23.8. The molecule has 0 saturated heterocycles. The Kier molecular flexibility index (Phi) is 6.94. The molecule has 0 spiro atoms. The van der Waals surface area contributed by atoms with E-state index in [9.17, 15) is 0 Å². The number of aliphatic imine (C=N–C) groups is 2. The number of pyridine rings is 1. The molecule has 1 unspecified atom stereocenters. The molecule has 0 amide bonds. The lowest BCUT2D eigenvalue weighted by molar-refractivity contribution is 0.754. The van der Waals surface area contributed by atoms with E-state index in [2.05, 4.69) is 163 Å². The third kappa shape index (κ3) is 5.16. The van der Waals surface area contributed by atoms with Crippen LogP contribution >= 0.6 is 0 Å². The van der Waals surface area contributed by atoms with Gasteiger partial charge in [-0.15, -0.1) is 0 Å². The highest BCUT2D eigenvalue weighted by Crippen LogP contribution is 2.35. The predicted octanol–water partition coefficient (Wildman–Crippen LogP) is 11.3. The normalized spacial score (nSPS) is 14.6. The van der Waals surface area contributed by atoms with Crippen molar-refractivity contribution in [3.63, 3.8) is 0 Å². The summed E-state index contributed by atoms with van der Waals surface area (Å²) in [5.41, 5.74) is 10.1. The lowest BCUT2D eigenvalue weighted by atomic mass is 9.91. The molecule has 1 aromatic heterocycles. The molecule has 0 fully saturated rings. The maximum absolute atomic E-state index is 5.42. The van der Waals surface area contributed by atoms with Crippen molar-refractivity contribution in [3.05, 3.63) is 187 Å². The van der Waals surface area contributed by atoms with Crippen LogP contribution in [0.15, 0.2) is 180 Å². The van der Waals surface area contributed by atoms with Crippen LogP contribution in [0.25, 0.3) is 54.7 Å². The first kappa shape index (κ1) is 28.1. The molecule has 9 rings (SSSR count).